The highest BCUT2D eigenvalue weighted by Gasteiger charge is 2.16. The molecule has 0 N–H and O–H groups in total. The fraction of sp³-hybridized carbons (Fsp3) is 0.158. The number of hydrogen-bond acceptors (Lipinski definition) is 4. The normalized spacial score (nSPS) is 10.7. The Balaban J connectivity index is 2.30. The van der Waals surface area contributed by atoms with Crippen molar-refractivity contribution in [1.82, 2.24) is 4.98 Å². The summed E-state index contributed by atoms with van der Waals surface area (Å²) >= 11 is 12.4. The molecule has 1 aromatic heterocycles. The summed E-state index contributed by atoms with van der Waals surface area (Å²) in [7, 11) is 1.59. The van der Waals surface area contributed by atoms with E-state index in [4.69, 9.17) is 32.7 Å². The lowest BCUT2D eigenvalue weighted by atomic mass is 9.99. The Morgan fingerprint density at radius 3 is 2.56 bits per heavy atom. The first-order valence-electron chi connectivity index (χ1n) is 7.64. The summed E-state index contributed by atoms with van der Waals surface area (Å²) in [5.41, 5.74) is 2.37. The molecule has 0 spiro atoms. The maximum absolute atomic E-state index is 12.2. The topological polar surface area (TPSA) is 48.4 Å². The van der Waals surface area contributed by atoms with Crippen molar-refractivity contribution in [2.45, 2.75) is 6.92 Å². The van der Waals surface area contributed by atoms with E-state index in [1.54, 1.807) is 44.4 Å². The number of pyridine rings is 1. The van der Waals surface area contributed by atoms with Crippen LogP contribution in [0.1, 0.15) is 17.4 Å². The second kappa shape index (κ2) is 7.30. The maximum atomic E-state index is 12.2. The average molecular weight is 376 g/mol. The van der Waals surface area contributed by atoms with Gasteiger partial charge in [0.2, 0.25) is 0 Å². The Morgan fingerprint density at radius 1 is 1.08 bits per heavy atom. The maximum Gasteiger partial charge on any atom is 0.356 e. The van der Waals surface area contributed by atoms with Gasteiger partial charge in [0.05, 0.1) is 19.2 Å². The van der Waals surface area contributed by atoms with Crippen LogP contribution < -0.4 is 4.74 Å². The van der Waals surface area contributed by atoms with Crippen molar-refractivity contribution < 1.29 is 14.3 Å². The number of methoxy groups -OCH3 is 1. The molecule has 0 bridgehead atoms. The van der Waals surface area contributed by atoms with Crippen LogP contribution in [-0.2, 0) is 4.74 Å². The van der Waals surface area contributed by atoms with Crippen LogP contribution in [0.25, 0.3) is 22.0 Å². The quantitative estimate of drug-likeness (QED) is 0.573. The first-order valence-corrected chi connectivity index (χ1v) is 8.40. The minimum atomic E-state index is -0.480. The Hall–Kier alpha value is -2.30. The first-order chi connectivity index (χ1) is 12.0. The number of halogens is 2. The van der Waals surface area contributed by atoms with Gasteiger partial charge in [-0.3, -0.25) is 0 Å². The first kappa shape index (κ1) is 17.5. The van der Waals surface area contributed by atoms with E-state index in [9.17, 15) is 4.79 Å². The number of carbonyl (C=O) groups excluding carboxylic acids is 1. The Morgan fingerprint density at radius 2 is 1.88 bits per heavy atom. The molecule has 0 aliphatic carbocycles. The number of carbonyl (C=O) groups is 1. The molecule has 1 heterocycles. The van der Waals surface area contributed by atoms with Gasteiger partial charge in [-0.1, -0.05) is 29.3 Å². The molecule has 0 saturated carbocycles. The molecule has 3 aromatic rings. The molecule has 0 amide bonds. The van der Waals surface area contributed by atoms with Crippen molar-refractivity contribution >= 4 is 40.1 Å². The van der Waals surface area contributed by atoms with Gasteiger partial charge in [0.25, 0.3) is 0 Å². The van der Waals surface area contributed by atoms with Gasteiger partial charge in [-0.2, -0.15) is 0 Å². The number of benzene rings is 2. The van der Waals surface area contributed by atoms with E-state index in [1.807, 2.05) is 12.1 Å². The third-order valence-electron chi connectivity index (χ3n) is 3.72. The number of hydrogen-bond donors (Lipinski definition) is 0. The standard InChI is InChI=1S/C19H15Cl2NO3/c1-3-25-19(23)18-10-14(13-6-4-11(20)8-16(13)21)15-9-12(24-2)5-7-17(15)22-18/h4-10H,3H2,1-2H3. The van der Waals surface area contributed by atoms with Gasteiger partial charge in [0.1, 0.15) is 11.4 Å². The fourth-order valence-electron chi connectivity index (χ4n) is 2.57. The van der Waals surface area contributed by atoms with Gasteiger partial charge in [-0.15, -0.1) is 0 Å². The summed E-state index contributed by atoms with van der Waals surface area (Å²) in [6.07, 6.45) is 0. The lowest BCUT2D eigenvalue weighted by Gasteiger charge is -2.12. The molecule has 0 atom stereocenters. The zero-order valence-electron chi connectivity index (χ0n) is 13.7. The summed E-state index contributed by atoms with van der Waals surface area (Å²) in [6, 6.07) is 12.3. The largest absolute Gasteiger partial charge is 0.497 e. The highest BCUT2D eigenvalue weighted by Crippen LogP contribution is 2.36. The van der Waals surface area contributed by atoms with Crippen LogP contribution in [0.2, 0.25) is 10.0 Å². The van der Waals surface area contributed by atoms with Gasteiger partial charge in [0, 0.05) is 21.0 Å². The molecule has 0 saturated heterocycles. The van der Waals surface area contributed by atoms with E-state index in [0.717, 1.165) is 16.5 Å². The van der Waals surface area contributed by atoms with Gasteiger partial charge in [-0.05, 0) is 48.9 Å². The molecule has 4 nitrogen and oxygen atoms in total. The van der Waals surface area contributed by atoms with Crippen LogP contribution in [-0.4, -0.2) is 24.7 Å². The summed E-state index contributed by atoms with van der Waals surface area (Å²) in [5.74, 6) is 0.205. The third kappa shape index (κ3) is 3.55. The van der Waals surface area contributed by atoms with Crippen molar-refractivity contribution in [1.29, 1.82) is 0 Å². The zero-order chi connectivity index (χ0) is 18.0. The van der Waals surface area contributed by atoms with Crippen LogP contribution in [0, 0.1) is 0 Å². The Labute approximate surface area is 155 Å². The summed E-state index contributed by atoms with van der Waals surface area (Å²) in [6.45, 7) is 2.03. The van der Waals surface area contributed by atoms with Crippen molar-refractivity contribution in [2.75, 3.05) is 13.7 Å². The second-order valence-electron chi connectivity index (χ2n) is 5.28. The summed E-state index contributed by atoms with van der Waals surface area (Å²) in [5, 5.41) is 1.84. The van der Waals surface area contributed by atoms with Crippen molar-refractivity contribution in [3.05, 3.63) is 58.2 Å². The van der Waals surface area contributed by atoms with E-state index in [1.165, 1.54) is 0 Å². The van der Waals surface area contributed by atoms with E-state index >= 15 is 0 Å². The molecule has 128 valence electrons. The van der Waals surface area contributed by atoms with Gasteiger partial charge < -0.3 is 9.47 Å². The lowest BCUT2D eigenvalue weighted by molar-refractivity contribution is 0.0520. The van der Waals surface area contributed by atoms with E-state index < -0.39 is 5.97 Å². The molecule has 2 aromatic carbocycles. The number of ether oxygens (including phenoxy) is 2. The molecule has 0 fully saturated rings. The number of aromatic nitrogens is 1. The van der Waals surface area contributed by atoms with Crippen LogP contribution in [0.15, 0.2) is 42.5 Å². The van der Waals surface area contributed by atoms with Gasteiger partial charge >= 0.3 is 5.97 Å². The van der Waals surface area contributed by atoms with Crippen LogP contribution in [0.3, 0.4) is 0 Å². The number of esters is 1. The SMILES string of the molecule is CCOC(=O)c1cc(-c2ccc(Cl)cc2Cl)c2cc(OC)ccc2n1. The smallest absolute Gasteiger partial charge is 0.356 e. The second-order valence-corrected chi connectivity index (χ2v) is 6.13. The minimum absolute atomic E-state index is 0.223. The molecule has 6 heteroatoms. The number of fused-ring (bicyclic) bond motifs is 1. The van der Waals surface area contributed by atoms with E-state index in [2.05, 4.69) is 4.98 Å². The molecule has 0 unspecified atom stereocenters. The predicted molar refractivity (Wildman–Crippen MR) is 99.7 cm³/mol. The fourth-order valence-corrected chi connectivity index (χ4v) is 3.08. The molecule has 25 heavy (non-hydrogen) atoms. The molecule has 0 radical (unpaired) electrons. The van der Waals surface area contributed by atoms with Crippen molar-refractivity contribution in [3.63, 3.8) is 0 Å². The summed E-state index contributed by atoms with van der Waals surface area (Å²) in [4.78, 5) is 16.6. The molecule has 3 rings (SSSR count). The Kier molecular flexibility index (Phi) is 5.11. The predicted octanol–water partition coefficient (Wildman–Crippen LogP) is 5.39. The van der Waals surface area contributed by atoms with E-state index in [-0.39, 0.29) is 12.3 Å². The van der Waals surface area contributed by atoms with Gasteiger partial charge in [-0.25, -0.2) is 9.78 Å². The highest BCUT2D eigenvalue weighted by atomic mass is 35.5. The minimum Gasteiger partial charge on any atom is -0.497 e. The van der Waals surface area contributed by atoms with Gasteiger partial charge in [0.15, 0.2) is 0 Å². The van der Waals surface area contributed by atoms with Crippen LogP contribution in [0.4, 0.5) is 0 Å². The van der Waals surface area contributed by atoms with Crippen LogP contribution in [0.5, 0.6) is 5.75 Å². The monoisotopic (exact) mass is 375 g/mol. The molecule has 0 aliphatic rings. The van der Waals surface area contributed by atoms with E-state index in [0.29, 0.717) is 21.3 Å². The van der Waals surface area contributed by atoms with Crippen molar-refractivity contribution in [3.8, 4) is 16.9 Å². The van der Waals surface area contributed by atoms with Crippen molar-refractivity contribution in [2.24, 2.45) is 0 Å². The lowest BCUT2D eigenvalue weighted by Crippen LogP contribution is -2.07. The highest BCUT2D eigenvalue weighted by molar-refractivity contribution is 6.36. The molecular weight excluding hydrogens is 361 g/mol. The van der Waals surface area contributed by atoms with Crippen LogP contribution >= 0.6 is 23.2 Å². The number of nitrogens with zero attached hydrogens (tertiary/aromatic N) is 1. The molecule has 0 aliphatic heterocycles. The summed E-state index contributed by atoms with van der Waals surface area (Å²) < 4.78 is 10.4. The molecular formula is C19H15Cl2NO3. The zero-order valence-corrected chi connectivity index (χ0v) is 15.2. The Bertz CT molecular complexity index is 957. The number of rotatable bonds is 4. The third-order valence-corrected chi connectivity index (χ3v) is 4.27. The average Bonchev–Trinajstić information content (AvgIpc) is 2.60.